The van der Waals surface area contributed by atoms with Crippen molar-refractivity contribution in [2.45, 2.75) is 32.7 Å². The van der Waals surface area contributed by atoms with E-state index in [-0.39, 0.29) is 0 Å². The molecular weight excluding hydrogens is 232 g/mol. The SMILES string of the molecule is CCN(CC)CCSc1nc(C)nc(N)c1C. The number of hydrogen-bond acceptors (Lipinski definition) is 5. The number of nitrogen functional groups attached to an aromatic ring is 1. The van der Waals surface area contributed by atoms with Gasteiger partial charge < -0.3 is 10.6 Å². The maximum absolute atomic E-state index is 5.83. The third kappa shape index (κ3) is 4.16. The first-order valence-electron chi connectivity index (χ1n) is 6.04. The van der Waals surface area contributed by atoms with Crippen molar-refractivity contribution in [1.82, 2.24) is 14.9 Å². The van der Waals surface area contributed by atoms with E-state index in [9.17, 15) is 0 Å². The van der Waals surface area contributed by atoms with Crippen LogP contribution >= 0.6 is 11.8 Å². The van der Waals surface area contributed by atoms with Gasteiger partial charge in [-0.2, -0.15) is 0 Å². The summed E-state index contributed by atoms with van der Waals surface area (Å²) in [7, 11) is 0. The van der Waals surface area contributed by atoms with E-state index in [2.05, 4.69) is 28.7 Å². The number of anilines is 1. The molecular formula is C12H22N4S. The van der Waals surface area contributed by atoms with Crippen molar-refractivity contribution < 1.29 is 0 Å². The molecule has 0 aliphatic rings. The molecule has 0 radical (unpaired) electrons. The number of aromatic nitrogens is 2. The number of thioether (sulfide) groups is 1. The van der Waals surface area contributed by atoms with Crippen molar-refractivity contribution in [3.63, 3.8) is 0 Å². The van der Waals surface area contributed by atoms with Crippen LogP contribution in [-0.4, -0.2) is 40.3 Å². The van der Waals surface area contributed by atoms with Gasteiger partial charge in [0.05, 0.1) is 0 Å². The monoisotopic (exact) mass is 254 g/mol. The molecule has 5 heteroatoms. The van der Waals surface area contributed by atoms with Crippen LogP contribution in [0.2, 0.25) is 0 Å². The molecule has 0 unspecified atom stereocenters. The Morgan fingerprint density at radius 3 is 2.41 bits per heavy atom. The smallest absolute Gasteiger partial charge is 0.131 e. The fraction of sp³-hybridized carbons (Fsp3) is 0.667. The minimum atomic E-state index is 0.600. The first-order chi connectivity index (χ1) is 8.08. The molecule has 0 saturated heterocycles. The van der Waals surface area contributed by atoms with Crippen molar-refractivity contribution in [2.75, 3.05) is 31.1 Å². The van der Waals surface area contributed by atoms with E-state index in [1.165, 1.54) is 0 Å². The molecule has 0 spiro atoms. The van der Waals surface area contributed by atoms with Crippen LogP contribution in [0.25, 0.3) is 0 Å². The average molecular weight is 254 g/mol. The van der Waals surface area contributed by atoms with Gasteiger partial charge in [0, 0.05) is 17.9 Å². The Kier molecular flexibility index (Phi) is 5.71. The molecule has 1 aromatic heterocycles. The fourth-order valence-corrected chi connectivity index (χ4v) is 2.64. The Balaban J connectivity index is 2.57. The molecule has 1 aromatic rings. The molecule has 17 heavy (non-hydrogen) atoms. The molecule has 0 amide bonds. The highest BCUT2D eigenvalue weighted by Crippen LogP contribution is 2.23. The highest BCUT2D eigenvalue weighted by atomic mass is 32.2. The lowest BCUT2D eigenvalue weighted by molar-refractivity contribution is 0.324. The summed E-state index contributed by atoms with van der Waals surface area (Å²) >= 11 is 1.76. The lowest BCUT2D eigenvalue weighted by Gasteiger charge is -2.17. The van der Waals surface area contributed by atoms with Gasteiger partial charge in [-0.25, -0.2) is 9.97 Å². The number of nitrogens with zero attached hydrogens (tertiary/aromatic N) is 3. The summed E-state index contributed by atoms with van der Waals surface area (Å²) in [6.07, 6.45) is 0. The minimum Gasteiger partial charge on any atom is -0.383 e. The van der Waals surface area contributed by atoms with Crippen LogP contribution in [0.15, 0.2) is 5.03 Å². The minimum absolute atomic E-state index is 0.600. The van der Waals surface area contributed by atoms with E-state index < -0.39 is 0 Å². The second kappa shape index (κ2) is 6.81. The molecule has 1 rings (SSSR count). The average Bonchev–Trinajstić information content (AvgIpc) is 2.30. The normalized spacial score (nSPS) is 11.1. The Labute approximate surface area is 108 Å². The summed E-state index contributed by atoms with van der Waals surface area (Å²) in [5.41, 5.74) is 6.83. The topological polar surface area (TPSA) is 55.0 Å². The van der Waals surface area contributed by atoms with Gasteiger partial charge in [0.1, 0.15) is 16.7 Å². The van der Waals surface area contributed by atoms with Crippen LogP contribution in [0.5, 0.6) is 0 Å². The summed E-state index contributed by atoms with van der Waals surface area (Å²) in [6.45, 7) is 11.5. The maximum Gasteiger partial charge on any atom is 0.131 e. The standard InChI is InChI=1S/C12H22N4S/c1-5-16(6-2)7-8-17-12-9(3)11(13)14-10(4)15-12/h5-8H2,1-4H3,(H2,13,14,15). The number of rotatable bonds is 6. The lowest BCUT2D eigenvalue weighted by atomic mass is 10.3. The molecule has 96 valence electrons. The van der Waals surface area contributed by atoms with E-state index in [4.69, 9.17) is 5.73 Å². The first kappa shape index (κ1) is 14.3. The van der Waals surface area contributed by atoms with Crippen LogP contribution in [0.3, 0.4) is 0 Å². The Hall–Kier alpha value is -0.810. The maximum atomic E-state index is 5.83. The third-order valence-corrected chi connectivity index (χ3v) is 3.85. The molecule has 2 N–H and O–H groups in total. The van der Waals surface area contributed by atoms with Crippen molar-refractivity contribution in [3.05, 3.63) is 11.4 Å². The quantitative estimate of drug-likeness (QED) is 0.622. The molecule has 0 aliphatic heterocycles. The molecule has 0 aromatic carbocycles. The molecule has 1 heterocycles. The highest BCUT2D eigenvalue weighted by Gasteiger charge is 2.07. The van der Waals surface area contributed by atoms with E-state index in [0.717, 1.165) is 41.8 Å². The van der Waals surface area contributed by atoms with Gasteiger partial charge in [-0.1, -0.05) is 13.8 Å². The molecule has 0 fully saturated rings. The van der Waals surface area contributed by atoms with Crippen LogP contribution in [0.4, 0.5) is 5.82 Å². The summed E-state index contributed by atoms with van der Waals surface area (Å²) in [6, 6.07) is 0. The van der Waals surface area contributed by atoms with Crippen molar-refractivity contribution in [1.29, 1.82) is 0 Å². The van der Waals surface area contributed by atoms with Crippen molar-refractivity contribution in [2.24, 2.45) is 0 Å². The number of hydrogen-bond donors (Lipinski definition) is 1. The number of aryl methyl sites for hydroxylation is 1. The molecule has 4 nitrogen and oxygen atoms in total. The molecule has 0 aliphatic carbocycles. The third-order valence-electron chi connectivity index (χ3n) is 2.79. The second-order valence-corrected chi connectivity index (χ2v) is 5.05. The Morgan fingerprint density at radius 2 is 1.82 bits per heavy atom. The van der Waals surface area contributed by atoms with Crippen LogP contribution < -0.4 is 5.73 Å². The Morgan fingerprint density at radius 1 is 1.18 bits per heavy atom. The van der Waals surface area contributed by atoms with Gasteiger partial charge in [-0.15, -0.1) is 11.8 Å². The van der Waals surface area contributed by atoms with Crippen LogP contribution in [0.1, 0.15) is 25.2 Å². The van der Waals surface area contributed by atoms with Gasteiger partial charge in [0.15, 0.2) is 0 Å². The summed E-state index contributed by atoms with van der Waals surface area (Å²) in [5.74, 6) is 2.39. The lowest BCUT2D eigenvalue weighted by Crippen LogP contribution is -2.25. The summed E-state index contributed by atoms with van der Waals surface area (Å²) in [5, 5.41) is 1.02. The summed E-state index contributed by atoms with van der Waals surface area (Å²) < 4.78 is 0. The van der Waals surface area contributed by atoms with Gasteiger partial charge in [-0.3, -0.25) is 0 Å². The van der Waals surface area contributed by atoms with Gasteiger partial charge in [0.2, 0.25) is 0 Å². The predicted octanol–water partition coefficient (Wildman–Crippen LogP) is 2.11. The van der Waals surface area contributed by atoms with Gasteiger partial charge in [-0.05, 0) is 26.9 Å². The predicted molar refractivity (Wildman–Crippen MR) is 74.4 cm³/mol. The largest absolute Gasteiger partial charge is 0.383 e. The zero-order valence-electron chi connectivity index (χ0n) is 11.2. The zero-order chi connectivity index (χ0) is 12.8. The molecule has 0 bridgehead atoms. The van der Waals surface area contributed by atoms with Crippen LogP contribution in [0, 0.1) is 13.8 Å². The summed E-state index contributed by atoms with van der Waals surface area (Å²) in [4.78, 5) is 11.0. The fourth-order valence-electron chi connectivity index (χ4n) is 1.58. The van der Waals surface area contributed by atoms with Gasteiger partial charge >= 0.3 is 0 Å². The molecule has 0 saturated carbocycles. The van der Waals surface area contributed by atoms with E-state index >= 15 is 0 Å². The van der Waals surface area contributed by atoms with Gasteiger partial charge in [0.25, 0.3) is 0 Å². The van der Waals surface area contributed by atoms with Crippen molar-refractivity contribution >= 4 is 17.6 Å². The number of nitrogens with two attached hydrogens (primary N) is 1. The van der Waals surface area contributed by atoms with E-state index in [1.54, 1.807) is 11.8 Å². The Bertz CT molecular complexity index is 364. The van der Waals surface area contributed by atoms with E-state index in [1.807, 2.05) is 13.8 Å². The zero-order valence-corrected chi connectivity index (χ0v) is 12.0. The van der Waals surface area contributed by atoms with E-state index in [0.29, 0.717) is 5.82 Å². The molecule has 0 atom stereocenters. The second-order valence-electron chi connectivity index (χ2n) is 3.96. The van der Waals surface area contributed by atoms with Crippen molar-refractivity contribution in [3.8, 4) is 0 Å². The first-order valence-corrected chi connectivity index (χ1v) is 7.02. The van der Waals surface area contributed by atoms with Crippen LogP contribution in [-0.2, 0) is 0 Å². The highest BCUT2D eigenvalue weighted by molar-refractivity contribution is 7.99.